The Morgan fingerprint density at radius 3 is 2.93 bits per heavy atom. The number of fused-ring (bicyclic) bond motifs is 1. The van der Waals surface area contributed by atoms with Crippen molar-refractivity contribution in [3.8, 4) is 0 Å². The summed E-state index contributed by atoms with van der Waals surface area (Å²) in [6, 6.07) is 15.6. The molecule has 28 heavy (non-hydrogen) atoms. The monoisotopic (exact) mass is 396 g/mol. The van der Waals surface area contributed by atoms with E-state index in [1.165, 1.54) is 5.52 Å². The van der Waals surface area contributed by atoms with Crippen LogP contribution in [0.3, 0.4) is 0 Å². The zero-order chi connectivity index (χ0) is 19.5. The van der Waals surface area contributed by atoms with Crippen LogP contribution in [0, 0.1) is 5.92 Å². The number of hydrogen-bond donors (Lipinski definition) is 1. The summed E-state index contributed by atoms with van der Waals surface area (Å²) in [5.74, 6) is 1.11. The molecule has 2 heterocycles. The first-order chi connectivity index (χ1) is 13.6. The minimum atomic E-state index is -0.0211. The topological polar surface area (TPSA) is 50.2 Å². The number of nitrogens with one attached hydrogen (secondary N) is 1. The Bertz CT molecular complexity index is 984. The van der Waals surface area contributed by atoms with E-state index >= 15 is 0 Å². The van der Waals surface area contributed by atoms with Crippen LogP contribution >= 0.6 is 11.6 Å². The van der Waals surface area contributed by atoms with Gasteiger partial charge in [0, 0.05) is 23.8 Å². The maximum atomic E-state index is 12.7. The molecule has 1 aliphatic heterocycles. The van der Waals surface area contributed by atoms with E-state index in [4.69, 9.17) is 16.6 Å². The van der Waals surface area contributed by atoms with Gasteiger partial charge < -0.3 is 9.88 Å². The molecule has 1 aromatic heterocycles. The van der Waals surface area contributed by atoms with E-state index in [0.29, 0.717) is 5.02 Å². The number of amides is 1. The summed E-state index contributed by atoms with van der Waals surface area (Å²) >= 11 is 6.02. The number of rotatable bonds is 5. The molecular formula is C22H25ClN4O. The highest BCUT2D eigenvalue weighted by molar-refractivity contribution is 6.30. The molecule has 1 N–H and O–H groups in total. The van der Waals surface area contributed by atoms with Crippen molar-refractivity contribution in [2.24, 2.45) is 5.92 Å². The standard InChI is InChI=1S/C22H25ClN4O/c1-2-27-20-11-4-3-10-19(20)25-21(27)15-26-12-6-7-16(14-26)22(28)24-18-9-5-8-17(23)13-18/h3-5,8-11,13,16H,2,6-7,12,14-15H2,1H3,(H,24,28)/t16-/m1/s1. The fourth-order valence-electron chi connectivity index (χ4n) is 4.02. The number of para-hydroxylation sites is 2. The third kappa shape index (κ3) is 4.05. The van der Waals surface area contributed by atoms with E-state index in [-0.39, 0.29) is 11.8 Å². The number of carbonyl (C=O) groups is 1. The average molecular weight is 397 g/mol. The molecule has 0 bridgehead atoms. The fraction of sp³-hybridized carbons (Fsp3) is 0.364. The summed E-state index contributed by atoms with van der Waals surface area (Å²) in [5.41, 5.74) is 2.96. The van der Waals surface area contributed by atoms with Gasteiger partial charge in [-0.1, -0.05) is 29.8 Å². The smallest absolute Gasteiger partial charge is 0.228 e. The first kappa shape index (κ1) is 19.0. The molecule has 0 spiro atoms. The van der Waals surface area contributed by atoms with E-state index in [2.05, 4.69) is 39.9 Å². The van der Waals surface area contributed by atoms with Gasteiger partial charge in [0.05, 0.1) is 23.5 Å². The molecule has 0 radical (unpaired) electrons. The van der Waals surface area contributed by atoms with Gasteiger partial charge in [0.15, 0.2) is 0 Å². The maximum absolute atomic E-state index is 12.7. The van der Waals surface area contributed by atoms with Crippen LogP contribution in [0.2, 0.25) is 5.02 Å². The molecule has 1 aliphatic rings. The molecule has 3 aromatic rings. The number of likely N-dealkylation sites (tertiary alicyclic amines) is 1. The van der Waals surface area contributed by atoms with Crippen LogP contribution in [0.1, 0.15) is 25.6 Å². The lowest BCUT2D eigenvalue weighted by molar-refractivity contribution is -0.121. The summed E-state index contributed by atoms with van der Waals surface area (Å²) in [6.45, 7) is 5.55. The highest BCUT2D eigenvalue weighted by Gasteiger charge is 2.27. The summed E-state index contributed by atoms with van der Waals surface area (Å²) in [4.78, 5) is 19.9. The molecule has 2 aromatic carbocycles. The van der Waals surface area contributed by atoms with Crippen LogP contribution in [0.4, 0.5) is 5.69 Å². The average Bonchev–Trinajstić information content (AvgIpc) is 3.05. The highest BCUT2D eigenvalue weighted by Crippen LogP contribution is 2.23. The number of nitrogens with zero attached hydrogens (tertiary/aromatic N) is 3. The lowest BCUT2D eigenvalue weighted by Gasteiger charge is -2.31. The van der Waals surface area contributed by atoms with Gasteiger partial charge in [-0.15, -0.1) is 0 Å². The quantitative estimate of drug-likeness (QED) is 0.687. The molecule has 0 saturated carbocycles. The van der Waals surface area contributed by atoms with Crippen molar-refractivity contribution in [3.05, 3.63) is 59.4 Å². The van der Waals surface area contributed by atoms with Crippen molar-refractivity contribution in [2.45, 2.75) is 32.9 Å². The molecule has 5 nitrogen and oxygen atoms in total. The molecule has 0 unspecified atom stereocenters. The summed E-state index contributed by atoms with van der Waals surface area (Å²) < 4.78 is 2.27. The van der Waals surface area contributed by atoms with Crippen LogP contribution in [0.25, 0.3) is 11.0 Å². The van der Waals surface area contributed by atoms with Crippen molar-refractivity contribution < 1.29 is 4.79 Å². The maximum Gasteiger partial charge on any atom is 0.228 e. The predicted molar refractivity (Wildman–Crippen MR) is 113 cm³/mol. The predicted octanol–water partition coefficient (Wildman–Crippen LogP) is 4.56. The van der Waals surface area contributed by atoms with E-state index < -0.39 is 0 Å². The Hall–Kier alpha value is -2.37. The zero-order valence-electron chi connectivity index (χ0n) is 16.1. The third-order valence-electron chi connectivity index (χ3n) is 5.38. The Morgan fingerprint density at radius 1 is 1.25 bits per heavy atom. The number of carbonyl (C=O) groups excluding carboxylic acids is 1. The molecule has 1 saturated heterocycles. The fourth-order valence-corrected chi connectivity index (χ4v) is 4.21. The van der Waals surface area contributed by atoms with Gasteiger partial charge in [0.1, 0.15) is 5.82 Å². The van der Waals surface area contributed by atoms with Gasteiger partial charge in [-0.2, -0.15) is 0 Å². The lowest BCUT2D eigenvalue weighted by atomic mass is 9.97. The van der Waals surface area contributed by atoms with Crippen LogP contribution in [0.15, 0.2) is 48.5 Å². The number of piperidine rings is 1. The second kappa shape index (κ2) is 8.33. The Balaban J connectivity index is 1.45. The van der Waals surface area contributed by atoms with Crippen molar-refractivity contribution in [3.63, 3.8) is 0 Å². The van der Waals surface area contributed by atoms with Gasteiger partial charge >= 0.3 is 0 Å². The summed E-state index contributed by atoms with van der Waals surface area (Å²) in [7, 11) is 0. The molecule has 146 valence electrons. The summed E-state index contributed by atoms with van der Waals surface area (Å²) in [5, 5.41) is 3.64. The Labute approximate surface area is 170 Å². The summed E-state index contributed by atoms with van der Waals surface area (Å²) in [6.07, 6.45) is 1.92. The second-order valence-corrected chi connectivity index (χ2v) is 7.77. The van der Waals surface area contributed by atoms with E-state index in [9.17, 15) is 4.79 Å². The molecule has 1 fully saturated rings. The van der Waals surface area contributed by atoms with Gasteiger partial charge in [0.25, 0.3) is 0 Å². The van der Waals surface area contributed by atoms with Crippen LogP contribution in [0.5, 0.6) is 0 Å². The molecule has 0 aliphatic carbocycles. The number of aromatic nitrogens is 2. The van der Waals surface area contributed by atoms with Crippen LogP contribution in [-0.4, -0.2) is 33.4 Å². The number of benzene rings is 2. The van der Waals surface area contributed by atoms with Crippen LogP contribution in [-0.2, 0) is 17.9 Å². The number of aryl methyl sites for hydroxylation is 1. The molecule has 1 atom stereocenters. The minimum absolute atomic E-state index is 0.0211. The van der Waals surface area contributed by atoms with E-state index in [0.717, 1.165) is 56.0 Å². The van der Waals surface area contributed by atoms with Crippen molar-refractivity contribution in [1.82, 2.24) is 14.5 Å². The SMILES string of the molecule is CCn1c(CN2CCC[C@@H](C(=O)Nc3cccc(Cl)c3)C2)nc2ccccc21. The largest absolute Gasteiger partial charge is 0.327 e. The van der Waals surface area contributed by atoms with Crippen LogP contribution < -0.4 is 5.32 Å². The molecular weight excluding hydrogens is 372 g/mol. The number of imidazole rings is 1. The van der Waals surface area contributed by atoms with Gasteiger partial charge in [-0.3, -0.25) is 9.69 Å². The number of anilines is 1. The van der Waals surface area contributed by atoms with Gasteiger partial charge in [0.2, 0.25) is 5.91 Å². The highest BCUT2D eigenvalue weighted by atomic mass is 35.5. The van der Waals surface area contributed by atoms with E-state index in [1.54, 1.807) is 12.1 Å². The number of hydrogen-bond acceptors (Lipinski definition) is 3. The zero-order valence-corrected chi connectivity index (χ0v) is 16.8. The van der Waals surface area contributed by atoms with Crippen molar-refractivity contribution >= 4 is 34.2 Å². The Kier molecular flexibility index (Phi) is 5.64. The normalized spacial score (nSPS) is 17.7. The van der Waals surface area contributed by atoms with Crippen molar-refractivity contribution in [2.75, 3.05) is 18.4 Å². The first-order valence-electron chi connectivity index (χ1n) is 9.87. The third-order valence-corrected chi connectivity index (χ3v) is 5.62. The molecule has 1 amide bonds. The van der Waals surface area contributed by atoms with Gasteiger partial charge in [-0.25, -0.2) is 4.98 Å². The lowest BCUT2D eigenvalue weighted by Crippen LogP contribution is -2.40. The second-order valence-electron chi connectivity index (χ2n) is 7.33. The van der Waals surface area contributed by atoms with Crippen molar-refractivity contribution in [1.29, 1.82) is 0 Å². The molecule has 6 heteroatoms. The molecule has 4 rings (SSSR count). The first-order valence-corrected chi connectivity index (χ1v) is 10.2. The Morgan fingerprint density at radius 2 is 2.11 bits per heavy atom. The van der Waals surface area contributed by atoms with E-state index in [1.807, 2.05) is 18.2 Å². The minimum Gasteiger partial charge on any atom is -0.327 e. The number of halogens is 1. The van der Waals surface area contributed by atoms with Gasteiger partial charge in [-0.05, 0) is 56.6 Å².